The zero-order chi connectivity index (χ0) is 20.1. The standard InChI is InChI=1S/C23H28FN3O/c1-4-27-16-21(19-7-5-6-8-22(19)27)20(17-9-11-18(24)12-10-17)15-23(28)25-13-14-26(2)3/h5-12,16,20H,4,13-15H2,1-3H3,(H,25,28). The molecule has 0 spiro atoms. The summed E-state index contributed by atoms with van der Waals surface area (Å²) in [5.41, 5.74) is 3.20. The molecule has 0 aliphatic carbocycles. The number of likely N-dealkylation sites (N-methyl/N-ethyl adjacent to an activating group) is 1. The molecular weight excluding hydrogens is 353 g/mol. The number of halogens is 1. The Kier molecular flexibility index (Phi) is 6.47. The summed E-state index contributed by atoms with van der Waals surface area (Å²) in [6.45, 7) is 4.36. The first-order valence-electron chi connectivity index (χ1n) is 9.74. The maximum absolute atomic E-state index is 13.5. The lowest BCUT2D eigenvalue weighted by Gasteiger charge is -2.18. The second-order valence-corrected chi connectivity index (χ2v) is 7.35. The number of aryl methyl sites for hydroxylation is 1. The SMILES string of the molecule is CCn1cc(C(CC(=O)NCCN(C)C)c2ccc(F)cc2)c2ccccc21. The molecule has 0 saturated carbocycles. The molecule has 1 atom stereocenters. The van der Waals surface area contributed by atoms with E-state index in [2.05, 4.69) is 35.1 Å². The van der Waals surface area contributed by atoms with Gasteiger partial charge in [-0.2, -0.15) is 0 Å². The van der Waals surface area contributed by atoms with Crippen LogP contribution in [-0.2, 0) is 11.3 Å². The van der Waals surface area contributed by atoms with Gasteiger partial charge in [0.05, 0.1) is 0 Å². The molecule has 1 heterocycles. The van der Waals surface area contributed by atoms with Crippen LogP contribution < -0.4 is 5.32 Å². The van der Waals surface area contributed by atoms with E-state index < -0.39 is 0 Å². The first kappa shape index (κ1) is 20.1. The molecular formula is C23H28FN3O. The molecule has 0 radical (unpaired) electrons. The molecule has 0 saturated heterocycles. The van der Waals surface area contributed by atoms with Crippen molar-refractivity contribution >= 4 is 16.8 Å². The molecule has 0 fully saturated rings. The molecule has 0 aliphatic heterocycles. The van der Waals surface area contributed by atoms with Gasteiger partial charge in [-0.25, -0.2) is 4.39 Å². The number of aromatic nitrogens is 1. The van der Waals surface area contributed by atoms with Crippen molar-refractivity contribution in [3.05, 3.63) is 71.7 Å². The normalized spacial score (nSPS) is 12.5. The summed E-state index contributed by atoms with van der Waals surface area (Å²) in [5.74, 6) is -0.393. The monoisotopic (exact) mass is 381 g/mol. The Morgan fingerprint density at radius 1 is 1.14 bits per heavy atom. The summed E-state index contributed by atoms with van der Waals surface area (Å²) < 4.78 is 15.7. The summed E-state index contributed by atoms with van der Waals surface area (Å²) >= 11 is 0. The van der Waals surface area contributed by atoms with Gasteiger partial charge < -0.3 is 14.8 Å². The van der Waals surface area contributed by atoms with Gasteiger partial charge in [-0.3, -0.25) is 4.79 Å². The van der Waals surface area contributed by atoms with E-state index in [1.165, 1.54) is 12.1 Å². The molecule has 148 valence electrons. The molecule has 28 heavy (non-hydrogen) atoms. The van der Waals surface area contributed by atoms with Crippen LogP contribution in [0.5, 0.6) is 0 Å². The highest BCUT2D eigenvalue weighted by Crippen LogP contribution is 2.34. The minimum atomic E-state index is -0.270. The number of rotatable bonds is 8. The predicted octanol–water partition coefficient (Wildman–Crippen LogP) is 4.00. The fourth-order valence-corrected chi connectivity index (χ4v) is 3.59. The largest absolute Gasteiger partial charge is 0.355 e. The number of carbonyl (C=O) groups excluding carboxylic acids is 1. The van der Waals surface area contributed by atoms with Crippen molar-refractivity contribution in [1.29, 1.82) is 0 Å². The number of nitrogens with one attached hydrogen (secondary N) is 1. The minimum absolute atomic E-state index is 0.00417. The Morgan fingerprint density at radius 3 is 2.54 bits per heavy atom. The second-order valence-electron chi connectivity index (χ2n) is 7.35. The second kappa shape index (κ2) is 9.02. The zero-order valence-electron chi connectivity index (χ0n) is 16.8. The Hall–Kier alpha value is -2.66. The molecule has 1 unspecified atom stereocenters. The van der Waals surface area contributed by atoms with Crippen LogP contribution in [0, 0.1) is 5.82 Å². The van der Waals surface area contributed by atoms with Gasteiger partial charge in [-0.15, -0.1) is 0 Å². The topological polar surface area (TPSA) is 37.3 Å². The Morgan fingerprint density at radius 2 is 1.86 bits per heavy atom. The van der Waals surface area contributed by atoms with Gasteiger partial charge in [0, 0.05) is 49.1 Å². The van der Waals surface area contributed by atoms with Crippen molar-refractivity contribution in [3.8, 4) is 0 Å². The lowest BCUT2D eigenvalue weighted by molar-refractivity contribution is -0.121. The third-order valence-corrected chi connectivity index (χ3v) is 5.08. The van der Waals surface area contributed by atoms with E-state index >= 15 is 0 Å². The maximum Gasteiger partial charge on any atom is 0.220 e. The lowest BCUT2D eigenvalue weighted by Crippen LogP contribution is -2.32. The summed E-state index contributed by atoms with van der Waals surface area (Å²) in [7, 11) is 3.96. The van der Waals surface area contributed by atoms with Crippen molar-refractivity contribution in [2.24, 2.45) is 0 Å². The maximum atomic E-state index is 13.5. The molecule has 1 N–H and O–H groups in total. The average Bonchev–Trinajstić information content (AvgIpc) is 3.05. The third kappa shape index (κ3) is 4.60. The van der Waals surface area contributed by atoms with Crippen LogP contribution in [0.25, 0.3) is 10.9 Å². The van der Waals surface area contributed by atoms with Gasteiger partial charge in [-0.1, -0.05) is 30.3 Å². The molecule has 3 aromatic rings. The first-order valence-corrected chi connectivity index (χ1v) is 9.74. The van der Waals surface area contributed by atoms with Crippen LogP contribution in [0.2, 0.25) is 0 Å². The lowest BCUT2D eigenvalue weighted by atomic mass is 9.88. The fraction of sp³-hybridized carbons (Fsp3) is 0.348. The number of nitrogens with zero attached hydrogens (tertiary/aromatic N) is 2. The number of hydrogen-bond acceptors (Lipinski definition) is 2. The predicted molar refractivity (Wildman–Crippen MR) is 112 cm³/mol. The summed E-state index contributed by atoms with van der Waals surface area (Å²) in [4.78, 5) is 14.7. The Bertz CT molecular complexity index is 931. The molecule has 0 bridgehead atoms. The zero-order valence-corrected chi connectivity index (χ0v) is 16.8. The molecule has 1 amide bonds. The van der Waals surface area contributed by atoms with Crippen LogP contribution in [0.4, 0.5) is 4.39 Å². The van der Waals surface area contributed by atoms with Gasteiger partial charge in [0.25, 0.3) is 0 Å². The minimum Gasteiger partial charge on any atom is -0.355 e. The van der Waals surface area contributed by atoms with Crippen LogP contribution in [0.15, 0.2) is 54.7 Å². The van der Waals surface area contributed by atoms with E-state index in [1.54, 1.807) is 12.1 Å². The average molecular weight is 381 g/mol. The van der Waals surface area contributed by atoms with E-state index in [0.29, 0.717) is 13.0 Å². The van der Waals surface area contributed by atoms with Crippen LogP contribution >= 0.6 is 0 Å². The smallest absolute Gasteiger partial charge is 0.220 e. The number of carbonyl (C=O) groups is 1. The molecule has 2 aromatic carbocycles. The Labute approximate surface area is 166 Å². The molecule has 4 nitrogen and oxygen atoms in total. The molecule has 1 aromatic heterocycles. The van der Waals surface area contributed by atoms with Crippen molar-refractivity contribution in [2.45, 2.75) is 25.8 Å². The van der Waals surface area contributed by atoms with Gasteiger partial charge in [0.2, 0.25) is 5.91 Å². The molecule has 3 rings (SSSR count). The summed E-state index contributed by atoms with van der Waals surface area (Å²) in [5, 5.41) is 4.14. The third-order valence-electron chi connectivity index (χ3n) is 5.08. The number of para-hydroxylation sites is 1. The van der Waals surface area contributed by atoms with Gasteiger partial charge >= 0.3 is 0 Å². The van der Waals surface area contributed by atoms with Crippen molar-refractivity contribution in [2.75, 3.05) is 27.2 Å². The van der Waals surface area contributed by atoms with E-state index in [9.17, 15) is 9.18 Å². The highest BCUT2D eigenvalue weighted by atomic mass is 19.1. The van der Waals surface area contributed by atoms with E-state index in [1.807, 2.05) is 31.1 Å². The van der Waals surface area contributed by atoms with Crippen LogP contribution in [0.3, 0.4) is 0 Å². The quantitative estimate of drug-likeness (QED) is 0.640. The highest BCUT2D eigenvalue weighted by molar-refractivity contribution is 5.86. The van der Waals surface area contributed by atoms with Crippen molar-refractivity contribution in [3.63, 3.8) is 0 Å². The molecule has 0 aliphatic rings. The van der Waals surface area contributed by atoms with Gasteiger partial charge in [-0.05, 0) is 50.3 Å². The van der Waals surface area contributed by atoms with E-state index in [4.69, 9.17) is 0 Å². The van der Waals surface area contributed by atoms with Crippen molar-refractivity contribution < 1.29 is 9.18 Å². The number of hydrogen-bond donors (Lipinski definition) is 1. The number of amides is 1. The Balaban J connectivity index is 1.95. The summed E-state index contributed by atoms with van der Waals surface area (Å²) in [6, 6.07) is 14.7. The van der Waals surface area contributed by atoms with Gasteiger partial charge in [0.1, 0.15) is 5.82 Å². The number of fused-ring (bicyclic) bond motifs is 1. The first-order chi connectivity index (χ1) is 13.5. The fourth-order valence-electron chi connectivity index (χ4n) is 3.59. The van der Waals surface area contributed by atoms with Crippen LogP contribution in [0.1, 0.15) is 30.4 Å². The molecule has 5 heteroatoms. The van der Waals surface area contributed by atoms with Gasteiger partial charge in [0.15, 0.2) is 0 Å². The summed E-state index contributed by atoms with van der Waals surface area (Å²) in [6.07, 6.45) is 2.46. The van der Waals surface area contributed by atoms with Crippen molar-refractivity contribution in [1.82, 2.24) is 14.8 Å². The number of benzene rings is 2. The van der Waals surface area contributed by atoms with Crippen LogP contribution in [-0.4, -0.2) is 42.6 Å². The highest BCUT2D eigenvalue weighted by Gasteiger charge is 2.22. The van der Waals surface area contributed by atoms with E-state index in [-0.39, 0.29) is 17.6 Å². The van der Waals surface area contributed by atoms with E-state index in [0.717, 1.165) is 35.1 Å².